The molecule has 6 nitrogen and oxygen atoms in total. The Labute approximate surface area is 169 Å². The first-order valence-corrected chi connectivity index (χ1v) is 9.92. The molecule has 0 spiro atoms. The van der Waals surface area contributed by atoms with Gasteiger partial charge in [0, 0.05) is 12.2 Å². The second kappa shape index (κ2) is 9.90. The minimum absolute atomic E-state index is 0.0727. The molecule has 0 unspecified atom stereocenters. The van der Waals surface area contributed by atoms with Crippen LogP contribution in [0, 0.1) is 18.3 Å². The Morgan fingerprint density at radius 3 is 2.54 bits per heavy atom. The van der Waals surface area contributed by atoms with E-state index >= 15 is 0 Å². The fourth-order valence-corrected chi connectivity index (χ4v) is 3.66. The summed E-state index contributed by atoms with van der Waals surface area (Å²) in [5, 5.41) is 9.46. The van der Waals surface area contributed by atoms with Crippen LogP contribution in [0.3, 0.4) is 0 Å². The van der Waals surface area contributed by atoms with Crippen molar-refractivity contribution in [3.05, 3.63) is 53.2 Å². The molecule has 0 aliphatic rings. The third-order valence-electron chi connectivity index (χ3n) is 4.08. The second-order valence-corrected chi connectivity index (χ2v) is 7.31. The second-order valence-electron chi connectivity index (χ2n) is 5.98. The number of carbonyl (C=O) groups is 2. The van der Waals surface area contributed by atoms with Gasteiger partial charge in [0.2, 0.25) is 5.91 Å². The molecule has 1 aromatic carbocycles. The van der Waals surface area contributed by atoms with Crippen molar-refractivity contribution < 1.29 is 14.3 Å². The zero-order chi connectivity index (χ0) is 20.7. The number of nitriles is 1. The van der Waals surface area contributed by atoms with Crippen LogP contribution in [0.1, 0.15) is 42.4 Å². The molecule has 1 heterocycles. The number of aryl methyl sites for hydroxylation is 1. The minimum Gasteiger partial charge on any atom is -0.462 e. The van der Waals surface area contributed by atoms with Crippen molar-refractivity contribution in [2.75, 3.05) is 18.1 Å². The standard InChI is InChI=1S/C21H23N3O3S/c1-5-24(17-10-8-7-9-11-17)20(25)15(4)28-19-16(13-22)12-18(14(3)23-19)21(26)27-6-2/h7-12,15H,5-6H2,1-4H3/t15-/m0/s1. The highest BCUT2D eigenvalue weighted by Crippen LogP contribution is 2.29. The lowest BCUT2D eigenvalue weighted by atomic mass is 10.1. The molecule has 0 saturated heterocycles. The largest absolute Gasteiger partial charge is 0.462 e. The Morgan fingerprint density at radius 2 is 1.96 bits per heavy atom. The molecule has 146 valence electrons. The predicted molar refractivity (Wildman–Crippen MR) is 109 cm³/mol. The molecule has 7 heteroatoms. The molecule has 0 bridgehead atoms. The highest BCUT2D eigenvalue weighted by molar-refractivity contribution is 8.00. The lowest BCUT2D eigenvalue weighted by Crippen LogP contribution is -2.36. The summed E-state index contributed by atoms with van der Waals surface area (Å²) in [5.74, 6) is -0.581. The minimum atomic E-state index is -0.508. The smallest absolute Gasteiger partial charge is 0.340 e. The summed E-state index contributed by atoms with van der Waals surface area (Å²) in [6, 6.07) is 13.0. The Kier molecular flexibility index (Phi) is 7.59. The number of rotatable bonds is 7. The van der Waals surface area contributed by atoms with Crippen molar-refractivity contribution in [1.82, 2.24) is 4.98 Å². The molecular weight excluding hydrogens is 374 g/mol. The van der Waals surface area contributed by atoms with Crippen molar-refractivity contribution in [2.24, 2.45) is 0 Å². The van der Waals surface area contributed by atoms with Crippen LogP contribution in [-0.2, 0) is 9.53 Å². The van der Waals surface area contributed by atoms with Gasteiger partial charge in [-0.1, -0.05) is 30.0 Å². The van der Waals surface area contributed by atoms with E-state index in [1.54, 1.807) is 25.7 Å². The number of anilines is 1. The zero-order valence-electron chi connectivity index (χ0n) is 16.4. The van der Waals surface area contributed by atoms with E-state index in [4.69, 9.17) is 4.74 Å². The first-order valence-electron chi connectivity index (χ1n) is 9.04. The number of hydrogen-bond acceptors (Lipinski definition) is 6. The number of para-hydroxylation sites is 1. The van der Waals surface area contributed by atoms with E-state index in [1.165, 1.54) is 17.8 Å². The summed E-state index contributed by atoms with van der Waals surface area (Å²) >= 11 is 1.21. The van der Waals surface area contributed by atoms with Gasteiger partial charge < -0.3 is 9.64 Å². The zero-order valence-corrected chi connectivity index (χ0v) is 17.2. The number of thioether (sulfide) groups is 1. The quantitative estimate of drug-likeness (QED) is 0.519. The molecule has 1 amide bonds. The molecule has 0 N–H and O–H groups in total. The summed E-state index contributed by atoms with van der Waals surface area (Å²) in [6.45, 7) is 7.89. The average Bonchev–Trinajstić information content (AvgIpc) is 2.69. The van der Waals surface area contributed by atoms with Crippen LogP contribution in [-0.4, -0.2) is 35.3 Å². The van der Waals surface area contributed by atoms with Crippen LogP contribution < -0.4 is 4.90 Å². The van der Waals surface area contributed by atoms with Gasteiger partial charge in [-0.3, -0.25) is 4.79 Å². The average molecular weight is 398 g/mol. The molecular formula is C21H23N3O3S. The molecule has 28 heavy (non-hydrogen) atoms. The highest BCUT2D eigenvalue weighted by Gasteiger charge is 2.24. The molecule has 0 saturated carbocycles. The van der Waals surface area contributed by atoms with Gasteiger partial charge in [0.25, 0.3) is 0 Å². The summed E-state index contributed by atoms with van der Waals surface area (Å²) in [4.78, 5) is 31.1. The van der Waals surface area contributed by atoms with Gasteiger partial charge in [0.05, 0.1) is 28.7 Å². The van der Waals surface area contributed by atoms with E-state index < -0.39 is 11.2 Å². The van der Waals surface area contributed by atoms with E-state index in [0.717, 1.165) is 5.69 Å². The summed E-state index contributed by atoms with van der Waals surface area (Å²) in [7, 11) is 0. The molecule has 1 atom stereocenters. The van der Waals surface area contributed by atoms with Gasteiger partial charge in [-0.25, -0.2) is 9.78 Å². The number of amides is 1. The van der Waals surface area contributed by atoms with Gasteiger partial charge >= 0.3 is 5.97 Å². The van der Waals surface area contributed by atoms with Crippen LogP contribution in [0.15, 0.2) is 41.4 Å². The number of pyridine rings is 1. The number of benzene rings is 1. The van der Waals surface area contributed by atoms with Crippen molar-refractivity contribution in [2.45, 2.75) is 38.0 Å². The van der Waals surface area contributed by atoms with Crippen molar-refractivity contribution in [3.8, 4) is 6.07 Å². The van der Waals surface area contributed by atoms with Gasteiger partial charge in [-0.2, -0.15) is 5.26 Å². The summed E-state index contributed by atoms with van der Waals surface area (Å²) in [6.07, 6.45) is 0. The van der Waals surface area contributed by atoms with Gasteiger partial charge in [0.1, 0.15) is 11.1 Å². The van der Waals surface area contributed by atoms with E-state index in [2.05, 4.69) is 11.1 Å². The Morgan fingerprint density at radius 1 is 1.29 bits per heavy atom. The molecule has 0 aliphatic carbocycles. The molecule has 0 aliphatic heterocycles. The molecule has 1 aromatic heterocycles. The van der Waals surface area contributed by atoms with Gasteiger partial charge in [-0.15, -0.1) is 0 Å². The van der Waals surface area contributed by atoms with Crippen LogP contribution in [0.5, 0.6) is 0 Å². The monoisotopic (exact) mass is 397 g/mol. The third-order valence-corrected chi connectivity index (χ3v) is 5.17. The Hall–Kier alpha value is -2.85. The number of aromatic nitrogens is 1. The normalized spacial score (nSPS) is 11.4. The lowest BCUT2D eigenvalue weighted by Gasteiger charge is -2.24. The maximum absolute atomic E-state index is 12.9. The maximum Gasteiger partial charge on any atom is 0.340 e. The lowest BCUT2D eigenvalue weighted by molar-refractivity contribution is -0.117. The van der Waals surface area contributed by atoms with Crippen molar-refractivity contribution in [3.63, 3.8) is 0 Å². The number of esters is 1. The molecule has 0 fully saturated rings. The fraction of sp³-hybridized carbons (Fsp3) is 0.333. The van der Waals surface area contributed by atoms with E-state index in [0.29, 0.717) is 17.3 Å². The first-order chi connectivity index (χ1) is 13.4. The Bertz CT molecular complexity index is 894. The van der Waals surface area contributed by atoms with Crippen LogP contribution in [0.2, 0.25) is 0 Å². The predicted octanol–water partition coefficient (Wildman–Crippen LogP) is 3.97. The maximum atomic E-state index is 12.9. The molecule has 0 radical (unpaired) electrons. The third kappa shape index (κ3) is 4.90. The number of nitrogens with zero attached hydrogens (tertiary/aromatic N) is 3. The fourth-order valence-electron chi connectivity index (χ4n) is 2.68. The van der Waals surface area contributed by atoms with E-state index in [-0.39, 0.29) is 23.6 Å². The number of ether oxygens (including phenoxy) is 1. The van der Waals surface area contributed by atoms with Crippen molar-refractivity contribution in [1.29, 1.82) is 5.26 Å². The van der Waals surface area contributed by atoms with Crippen LogP contribution in [0.4, 0.5) is 5.69 Å². The topological polar surface area (TPSA) is 83.3 Å². The number of hydrogen-bond donors (Lipinski definition) is 0. The summed E-state index contributed by atoms with van der Waals surface area (Å²) < 4.78 is 5.01. The Balaban J connectivity index is 2.26. The number of carbonyl (C=O) groups excluding carboxylic acids is 2. The molecule has 2 rings (SSSR count). The van der Waals surface area contributed by atoms with Crippen LogP contribution >= 0.6 is 11.8 Å². The summed E-state index contributed by atoms with van der Waals surface area (Å²) in [5.41, 5.74) is 1.81. The molecule has 2 aromatic rings. The van der Waals surface area contributed by atoms with Gasteiger partial charge in [-0.05, 0) is 45.9 Å². The van der Waals surface area contributed by atoms with E-state index in [1.807, 2.05) is 37.3 Å². The first kappa shape index (κ1) is 21.5. The van der Waals surface area contributed by atoms with Gasteiger partial charge in [0.15, 0.2) is 0 Å². The van der Waals surface area contributed by atoms with Crippen molar-refractivity contribution >= 4 is 29.3 Å². The van der Waals surface area contributed by atoms with Crippen LogP contribution in [0.25, 0.3) is 0 Å². The van der Waals surface area contributed by atoms with E-state index in [9.17, 15) is 14.9 Å². The SMILES string of the molecule is CCOC(=O)c1cc(C#N)c(S[C@@H](C)C(=O)N(CC)c2ccccc2)nc1C. The highest BCUT2D eigenvalue weighted by atomic mass is 32.2.